The van der Waals surface area contributed by atoms with Gasteiger partial charge >= 0.3 is 0 Å². The lowest BCUT2D eigenvalue weighted by Gasteiger charge is -2.33. The number of hydrogen-bond donors (Lipinski definition) is 1. The lowest BCUT2D eigenvalue weighted by molar-refractivity contribution is 0.201. The van der Waals surface area contributed by atoms with Gasteiger partial charge in [0.15, 0.2) is 0 Å². The van der Waals surface area contributed by atoms with Crippen molar-refractivity contribution in [2.24, 2.45) is 0 Å². The summed E-state index contributed by atoms with van der Waals surface area (Å²) in [4.78, 5) is 2.39. The van der Waals surface area contributed by atoms with Crippen molar-refractivity contribution >= 4 is 15.9 Å². The van der Waals surface area contributed by atoms with Gasteiger partial charge in [0.25, 0.3) is 0 Å². The van der Waals surface area contributed by atoms with Crippen molar-refractivity contribution in [3.63, 3.8) is 0 Å². The number of nitrogens with zero attached hydrogens (tertiary/aromatic N) is 1. The van der Waals surface area contributed by atoms with Gasteiger partial charge in [-0.05, 0) is 24.7 Å². The SMILES string of the molecule is CN1CCNCC1c1cc[c]cc1Br. The van der Waals surface area contributed by atoms with E-state index in [2.05, 4.69) is 45.3 Å². The molecule has 1 aromatic rings. The third kappa shape index (κ3) is 2.00. The standard InChI is InChI=1S/C11H14BrN2/c1-14-7-6-13-8-11(14)9-4-2-3-5-10(9)12/h2,4-5,11,13H,6-8H2,1H3. The molecule has 1 unspecified atom stereocenters. The lowest BCUT2D eigenvalue weighted by Crippen LogP contribution is -2.43. The number of nitrogens with one attached hydrogen (secondary N) is 1. The molecule has 1 aliphatic rings. The molecule has 1 heterocycles. The Hall–Kier alpha value is -0.380. The first-order valence-corrected chi connectivity index (χ1v) is 5.65. The second-order valence-electron chi connectivity index (χ2n) is 3.65. The van der Waals surface area contributed by atoms with Crippen LogP contribution in [0, 0.1) is 6.07 Å². The van der Waals surface area contributed by atoms with Crippen LogP contribution in [0.2, 0.25) is 0 Å². The first-order valence-electron chi connectivity index (χ1n) is 4.85. The molecular weight excluding hydrogens is 240 g/mol. The number of benzene rings is 1. The summed E-state index contributed by atoms with van der Waals surface area (Å²) in [6.45, 7) is 3.22. The van der Waals surface area contributed by atoms with E-state index in [4.69, 9.17) is 0 Å². The van der Waals surface area contributed by atoms with Gasteiger partial charge in [0, 0.05) is 30.1 Å². The molecule has 1 atom stereocenters. The summed E-state index contributed by atoms with van der Waals surface area (Å²) >= 11 is 3.57. The van der Waals surface area contributed by atoms with Crippen molar-refractivity contribution in [3.05, 3.63) is 34.3 Å². The van der Waals surface area contributed by atoms with Gasteiger partial charge in [0.1, 0.15) is 0 Å². The smallest absolute Gasteiger partial charge is 0.0481 e. The molecule has 0 amide bonds. The van der Waals surface area contributed by atoms with Gasteiger partial charge in [-0.3, -0.25) is 4.90 Å². The van der Waals surface area contributed by atoms with E-state index >= 15 is 0 Å². The van der Waals surface area contributed by atoms with Gasteiger partial charge in [-0.1, -0.05) is 28.1 Å². The van der Waals surface area contributed by atoms with E-state index in [0.29, 0.717) is 6.04 Å². The Morgan fingerprint density at radius 2 is 2.50 bits per heavy atom. The minimum atomic E-state index is 0.479. The van der Waals surface area contributed by atoms with Crippen LogP contribution >= 0.6 is 15.9 Å². The van der Waals surface area contributed by atoms with Gasteiger partial charge in [-0.25, -0.2) is 0 Å². The molecule has 1 saturated heterocycles. The average molecular weight is 254 g/mol. The molecular formula is C11H14BrN2. The minimum Gasteiger partial charge on any atom is -0.314 e. The zero-order valence-corrected chi connectivity index (χ0v) is 9.84. The summed E-state index contributed by atoms with van der Waals surface area (Å²) in [5.41, 5.74) is 1.35. The third-order valence-electron chi connectivity index (χ3n) is 2.71. The molecule has 1 fully saturated rings. The third-order valence-corrected chi connectivity index (χ3v) is 3.40. The van der Waals surface area contributed by atoms with Gasteiger partial charge in [0.05, 0.1) is 0 Å². The Balaban J connectivity index is 2.25. The predicted octanol–water partition coefficient (Wildman–Crippen LogP) is 1.83. The molecule has 2 rings (SSSR count). The van der Waals surface area contributed by atoms with Gasteiger partial charge in [-0.15, -0.1) is 0 Å². The van der Waals surface area contributed by atoms with Gasteiger partial charge in [-0.2, -0.15) is 0 Å². The fourth-order valence-corrected chi connectivity index (χ4v) is 2.37. The molecule has 14 heavy (non-hydrogen) atoms. The Kier molecular flexibility index (Phi) is 3.21. The van der Waals surface area contributed by atoms with Crippen LogP contribution in [-0.4, -0.2) is 31.6 Å². The second-order valence-corrected chi connectivity index (χ2v) is 4.50. The van der Waals surface area contributed by atoms with Crippen LogP contribution in [0.3, 0.4) is 0 Å². The highest BCUT2D eigenvalue weighted by atomic mass is 79.9. The molecule has 1 N–H and O–H groups in total. The maximum absolute atomic E-state index is 3.57. The van der Waals surface area contributed by atoms with Crippen molar-refractivity contribution in [2.45, 2.75) is 6.04 Å². The molecule has 0 saturated carbocycles. The monoisotopic (exact) mass is 253 g/mol. The second kappa shape index (κ2) is 4.43. The van der Waals surface area contributed by atoms with Crippen molar-refractivity contribution in [3.8, 4) is 0 Å². The first kappa shape index (κ1) is 10.1. The Labute approximate surface area is 93.4 Å². The molecule has 2 nitrogen and oxygen atoms in total. The molecule has 0 aliphatic carbocycles. The molecule has 1 aliphatic heterocycles. The van der Waals surface area contributed by atoms with E-state index in [-0.39, 0.29) is 0 Å². The van der Waals surface area contributed by atoms with Crippen LogP contribution in [0.25, 0.3) is 0 Å². The van der Waals surface area contributed by atoms with Crippen LogP contribution in [0.4, 0.5) is 0 Å². The maximum atomic E-state index is 3.57. The lowest BCUT2D eigenvalue weighted by atomic mass is 10.0. The van der Waals surface area contributed by atoms with E-state index in [1.807, 2.05) is 12.1 Å². The van der Waals surface area contributed by atoms with Crippen molar-refractivity contribution in [2.75, 3.05) is 26.7 Å². The van der Waals surface area contributed by atoms with Crippen LogP contribution in [0.5, 0.6) is 0 Å². The summed E-state index contributed by atoms with van der Waals surface area (Å²) in [6, 6.07) is 9.64. The summed E-state index contributed by atoms with van der Waals surface area (Å²) in [7, 11) is 2.18. The zero-order chi connectivity index (χ0) is 9.97. The summed E-state index contributed by atoms with van der Waals surface area (Å²) in [6.07, 6.45) is 0. The van der Waals surface area contributed by atoms with Crippen LogP contribution < -0.4 is 5.32 Å². The normalized spacial score (nSPS) is 23.7. The number of likely N-dealkylation sites (N-methyl/N-ethyl adjacent to an activating group) is 1. The quantitative estimate of drug-likeness (QED) is 0.822. The number of halogens is 1. The van der Waals surface area contributed by atoms with Gasteiger partial charge in [0.2, 0.25) is 0 Å². The summed E-state index contributed by atoms with van der Waals surface area (Å²) in [5.74, 6) is 0. The van der Waals surface area contributed by atoms with Gasteiger partial charge < -0.3 is 5.32 Å². The first-order chi connectivity index (χ1) is 6.79. The van der Waals surface area contributed by atoms with E-state index in [0.717, 1.165) is 24.1 Å². The zero-order valence-electron chi connectivity index (χ0n) is 8.26. The molecule has 75 valence electrons. The minimum absolute atomic E-state index is 0.479. The van der Waals surface area contributed by atoms with E-state index in [1.165, 1.54) is 5.56 Å². The fourth-order valence-electron chi connectivity index (χ4n) is 1.85. The van der Waals surface area contributed by atoms with Crippen LogP contribution in [-0.2, 0) is 0 Å². The summed E-state index contributed by atoms with van der Waals surface area (Å²) in [5, 5.41) is 3.42. The highest BCUT2D eigenvalue weighted by molar-refractivity contribution is 9.10. The van der Waals surface area contributed by atoms with E-state index < -0.39 is 0 Å². The predicted molar refractivity (Wildman–Crippen MR) is 61.2 cm³/mol. The highest BCUT2D eigenvalue weighted by Gasteiger charge is 2.21. The molecule has 1 aromatic carbocycles. The Morgan fingerprint density at radius 3 is 3.21 bits per heavy atom. The average Bonchev–Trinajstić information content (AvgIpc) is 2.20. The number of rotatable bonds is 1. The molecule has 1 radical (unpaired) electrons. The molecule has 0 spiro atoms. The van der Waals surface area contributed by atoms with Crippen molar-refractivity contribution < 1.29 is 0 Å². The maximum Gasteiger partial charge on any atom is 0.0481 e. The Bertz CT molecular complexity index is 314. The van der Waals surface area contributed by atoms with Crippen molar-refractivity contribution in [1.29, 1.82) is 0 Å². The molecule has 0 bridgehead atoms. The summed E-state index contributed by atoms with van der Waals surface area (Å²) < 4.78 is 1.15. The van der Waals surface area contributed by atoms with Crippen LogP contribution in [0.15, 0.2) is 22.7 Å². The fraction of sp³-hybridized carbons (Fsp3) is 0.455. The van der Waals surface area contributed by atoms with Crippen LogP contribution in [0.1, 0.15) is 11.6 Å². The number of piperazine rings is 1. The molecule has 0 aromatic heterocycles. The van der Waals surface area contributed by atoms with E-state index in [9.17, 15) is 0 Å². The number of hydrogen-bond acceptors (Lipinski definition) is 2. The topological polar surface area (TPSA) is 15.3 Å². The molecule has 3 heteroatoms. The Morgan fingerprint density at radius 1 is 1.64 bits per heavy atom. The van der Waals surface area contributed by atoms with Crippen molar-refractivity contribution in [1.82, 2.24) is 10.2 Å². The highest BCUT2D eigenvalue weighted by Crippen LogP contribution is 2.27. The largest absolute Gasteiger partial charge is 0.314 e. The van der Waals surface area contributed by atoms with E-state index in [1.54, 1.807) is 0 Å².